The average molecular weight is 316 g/mol. The molecule has 0 aliphatic heterocycles. The van der Waals surface area contributed by atoms with Crippen LogP contribution in [0.2, 0.25) is 0 Å². The predicted octanol–water partition coefficient (Wildman–Crippen LogP) is 1.19. The molecular formula is C15H28N2O5. The molecule has 2 amide bonds. The van der Waals surface area contributed by atoms with Crippen molar-refractivity contribution in [2.24, 2.45) is 0 Å². The van der Waals surface area contributed by atoms with E-state index in [-0.39, 0.29) is 0 Å². The summed E-state index contributed by atoms with van der Waals surface area (Å²) in [6.45, 7) is 11.9. The van der Waals surface area contributed by atoms with Gasteiger partial charge in [-0.05, 0) is 20.8 Å². The first-order valence-electron chi connectivity index (χ1n) is 7.32. The zero-order chi connectivity index (χ0) is 16.8. The Balaban J connectivity index is 4.17. The quantitative estimate of drug-likeness (QED) is 0.332. The number of hydrogen-bond acceptors (Lipinski definition) is 5. The molecule has 0 radical (unpaired) electrons. The minimum Gasteiger partial charge on any atom is -0.444 e. The van der Waals surface area contributed by atoms with Crippen LogP contribution in [0.15, 0.2) is 12.7 Å². The number of hydrogen-bond donors (Lipinski definition) is 1. The van der Waals surface area contributed by atoms with Crippen LogP contribution < -0.4 is 5.32 Å². The van der Waals surface area contributed by atoms with Crippen molar-refractivity contribution in [2.45, 2.75) is 26.4 Å². The number of amides is 2. The molecule has 7 heteroatoms. The molecular weight excluding hydrogens is 288 g/mol. The van der Waals surface area contributed by atoms with Gasteiger partial charge in [-0.15, -0.1) is 6.58 Å². The van der Waals surface area contributed by atoms with Gasteiger partial charge in [0.25, 0.3) is 0 Å². The maximum Gasteiger partial charge on any atom is 0.410 e. The lowest BCUT2D eigenvalue weighted by Crippen LogP contribution is -2.40. The van der Waals surface area contributed by atoms with Crippen LogP contribution in [0.5, 0.6) is 0 Å². The van der Waals surface area contributed by atoms with Crippen molar-refractivity contribution < 1.29 is 23.8 Å². The predicted molar refractivity (Wildman–Crippen MR) is 83.7 cm³/mol. The molecule has 22 heavy (non-hydrogen) atoms. The van der Waals surface area contributed by atoms with Gasteiger partial charge in [-0.25, -0.2) is 4.79 Å². The Morgan fingerprint density at radius 3 is 2.36 bits per heavy atom. The van der Waals surface area contributed by atoms with Crippen LogP contribution in [-0.4, -0.2) is 69.1 Å². The second-order valence-corrected chi connectivity index (χ2v) is 5.52. The number of rotatable bonds is 12. The second-order valence-electron chi connectivity index (χ2n) is 5.52. The fraction of sp³-hybridized carbons (Fsp3) is 0.733. The van der Waals surface area contributed by atoms with Crippen molar-refractivity contribution in [1.82, 2.24) is 10.2 Å². The molecule has 1 N–H and O–H groups in total. The molecule has 0 bridgehead atoms. The fourth-order valence-electron chi connectivity index (χ4n) is 1.43. The van der Waals surface area contributed by atoms with E-state index in [1.54, 1.807) is 11.0 Å². The first-order valence-corrected chi connectivity index (χ1v) is 7.32. The van der Waals surface area contributed by atoms with Gasteiger partial charge in [0.15, 0.2) is 0 Å². The van der Waals surface area contributed by atoms with E-state index in [1.165, 1.54) is 0 Å². The van der Waals surface area contributed by atoms with E-state index in [1.807, 2.05) is 20.8 Å². The van der Waals surface area contributed by atoms with Crippen molar-refractivity contribution in [3.8, 4) is 0 Å². The summed E-state index contributed by atoms with van der Waals surface area (Å²) in [5.41, 5.74) is -0.550. The third-order valence-corrected chi connectivity index (χ3v) is 2.37. The number of carbonyl (C=O) groups excluding carboxylic acids is 2. The Labute approximate surface area is 132 Å². The molecule has 0 aromatic heterocycles. The standard InChI is InChI=1S/C15H28N2O5/c1-5-9-20-11-7-17(14(19)22-15(2,3)4)8-12-21-10-6-16-13-18/h5,13H,1,6-12H2,2-4H3,(H,16,18). The first kappa shape index (κ1) is 20.4. The Hall–Kier alpha value is -1.60. The van der Waals surface area contributed by atoms with Crippen molar-refractivity contribution in [3.05, 3.63) is 12.7 Å². The van der Waals surface area contributed by atoms with Crippen LogP contribution in [-0.2, 0) is 19.0 Å². The van der Waals surface area contributed by atoms with Crippen LogP contribution in [0.4, 0.5) is 4.79 Å². The summed E-state index contributed by atoms with van der Waals surface area (Å²) >= 11 is 0. The molecule has 7 nitrogen and oxygen atoms in total. The summed E-state index contributed by atoms with van der Waals surface area (Å²) in [7, 11) is 0. The Morgan fingerprint density at radius 2 is 1.82 bits per heavy atom. The maximum atomic E-state index is 12.1. The number of nitrogens with zero attached hydrogens (tertiary/aromatic N) is 1. The molecule has 128 valence electrons. The van der Waals surface area contributed by atoms with E-state index in [4.69, 9.17) is 14.2 Å². The van der Waals surface area contributed by atoms with Crippen molar-refractivity contribution in [2.75, 3.05) is 46.1 Å². The van der Waals surface area contributed by atoms with Crippen molar-refractivity contribution >= 4 is 12.5 Å². The zero-order valence-electron chi connectivity index (χ0n) is 13.8. The molecule has 0 aromatic rings. The monoisotopic (exact) mass is 316 g/mol. The smallest absolute Gasteiger partial charge is 0.410 e. The number of nitrogens with one attached hydrogen (secondary N) is 1. The fourth-order valence-corrected chi connectivity index (χ4v) is 1.43. The molecule has 0 fully saturated rings. The summed E-state index contributed by atoms with van der Waals surface area (Å²) in [6.07, 6.45) is 1.87. The van der Waals surface area contributed by atoms with E-state index < -0.39 is 11.7 Å². The molecule has 0 unspecified atom stereocenters. The van der Waals surface area contributed by atoms with Gasteiger partial charge in [0.2, 0.25) is 6.41 Å². The Kier molecular flexibility index (Phi) is 11.1. The van der Waals surface area contributed by atoms with Crippen molar-refractivity contribution in [1.29, 1.82) is 0 Å². The van der Waals surface area contributed by atoms with Crippen LogP contribution >= 0.6 is 0 Å². The SMILES string of the molecule is C=CCOCCN(CCOCCNC=O)C(=O)OC(C)(C)C. The molecule has 0 saturated heterocycles. The van der Waals surface area contributed by atoms with Crippen molar-refractivity contribution in [3.63, 3.8) is 0 Å². The topological polar surface area (TPSA) is 77.1 Å². The molecule has 0 atom stereocenters. The highest BCUT2D eigenvalue weighted by Gasteiger charge is 2.21. The third-order valence-electron chi connectivity index (χ3n) is 2.37. The summed E-state index contributed by atoms with van der Waals surface area (Å²) in [5.74, 6) is 0. The molecule has 0 saturated carbocycles. The summed E-state index contributed by atoms with van der Waals surface area (Å²) in [5, 5.41) is 2.50. The molecule has 0 heterocycles. The van der Waals surface area contributed by atoms with Gasteiger partial charge in [0.1, 0.15) is 5.60 Å². The van der Waals surface area contributed by atoms with Crippen LogP contribution in [0.3, 0.4) is 0 Å². The van der Waals surface area contributed by atoms with Crippen LogP contribution in [0.25, 0.3) is 0 Å². The highest BCUT2D eigenvalue weighted by atomic mass is 16.6. The first-order chi connectivity index (χ1) is 10.4. The van der Waals surface area contributed by atoms with Gasteiger partial charge in [0, 0.05) is 19.6 Å². The lowest BCUT2D eigenvalue weighted by atomic mass is 10.2. The number of carbonyl (C=O) groups is 2. The van der Waals surface area contributed by atoms with E-state index >= 15 is 0 Å². The lowest BCUT2D eigenvalue weighted by molar-refractivity contribution is -0.109. The van der Waals surface area contributed by atoms with Gasteiger partial charge in [-0.1, -0.05) is 6.08 Å². The Bertz CT molecular complexity index is 328. The highest BCUT2D eigenvalue weighted by molar-refractivity contribution is 5.68. The third kappa shape index (κ3) is 12.2. The van der Waals surface area contributed by atoms with Crippen LogP contribution in [0.1, 0.15) is 20.8 Å². The summed E-state index contributed by atoms with van der Waals surface area (Å²) < 4.78 is 16.0. The average Bonchev–Trinajstić information content (AvgIpc) is 2.42. The molecule has 0 aromatic carbocycles. The lowest BCUT2D eigenvalue weighted by Gasteiger charge is -2.27. The van der Waals surface area contributed by atoms with Gasteiger partial charge >= 0.3 is 6.09 Å². The van der Waals surface area contributed by atoms with E-state index in [0.29, 0.717) is 52.5 Å². The zero-order valence-corrected chi connectivity index (χ0v) is 13.8. The highest BCUT2D eigenvalue weighted by Crippen LogP contribution is 2.09. The normalized spacial score (nSPS) is 10.9. The summed E-state index contributed by atoms with van der Waals surface area (Å²) in [6, 6.07) is 0. The molecule has 0 aliphatic carbocycles. The molecule has 0 spiro atoms. The van der Waals surface area contributed by atoms with Gasteiger partial charge in [-0.2, -0.15) is 0 Å². The van der Waals surface area contributed by atoms with E-state index in [0.717, 1.165) is 0 Å². The van der Waals surface area contributed by atoms with Gasteiger partial charge in [0.05, 0.1) is 26.4 Å². The van der Waals surface area contributed by atoms with E-state index in [9.17, 15) is 9.59 Å². The second kappa shape index (κ2) is 12.0. The minimum absolute atomic E-state index is 0.362. The Morgan fingerprint density at radius 1 is 1.18 bits per heavy atom. The van der Waals surface area contributed by atoms with Gasteiger partial charge in [-0.3, -0.25) is 4.79 Å². The van der Waals surface area contributed by atoms with Gasteiger partial charge < -0.3 is 24.4 Å². The molecule has 0 aliphatic rings. The summed E-state index contributed by atoms with van der Waals surface area (Å²) in [4.78, 5) is 23.7. The van der Waals surface area contributed by atoms with E-state index in [2.05, 4.69) is 11.9 Å². The minimum atomic E-state index is -0.550. The maximum absolute atomic E-state index is 12.1. The largest absolute Gasteiger partial charge is 0.444 e. The van der Waals surface area contributed by atoms with Crippen LogP contribution in [0, 0.1) is 0 Å². The number of ether oxygens (including phenoxy) is 3. The molecule has 0 rings (SSSR count).